The van der Waals surface area contributed by atoms with Gasteiger partial charge in [0.05, 0.1) is 11.3 Å². The first-order chi connectivity index (χ1) is 9.02. The number of halogens is 3. The van der Waals surface area contributed by atoms with Crippen LogP contribution in [0.15, 0.2) is 30.9 Å². The highest BCUT2D eigenvalue weighted by molar-refractivity contribution is 5.44. The van der Waals surface area contributed by atoms with Gasteiger partial charge in [0.1, 0.15) is 12.7 Å². The van der Waals surface area contributed by atoms with Gasteiger partial charge in [-0.05, 0) is 24.2 Å². The first-order valence-corrected chi connectivity index (χ1v) is 5.78. The summed E-state index contributed by atoms with van der Waals surface area (Å²) in [5.74, 6) is 0. The van der Waals surface area contributed by atoms with Crippen molar-refractivity contribution in [3.8, 4) is 5.69 Å². The monoisotopic (exact) mass is 270 g/mol. The third-order valence-corrected chi connectivity index (χ3v) is 2.61. The number of rotatable bonds is 4. The molecule has 0 radical (unpaired) electrons. The van der Waals surface area contributed by atoms with Crippen molar-refractivity contribution in [2.45, 2.75) is 19.6 Å². The van der Waals surface area contributed by atoms with E-state index in [1.54, 1.807) is 6.07 Å². The first-order valence-electron chi connectivity index (χ1n) is 5.78. The minimum Gasteiger partial charge on any atom is -0.313 e. The predicted molar refractivity (Wildman–Crippen MR) is 63.7 cm³/mol. The second-order valence-corrected chi connectivity index (χ2v) is 3.97. The molecule has 0 unspecified atom stereocenters. The minimum atomic E-state index is -4.43. The number of aromatic nitrogens is 3. The van der Waals surface area contributed by atoms with E-state index >= 15 is 0 Å². The standard InChI is InChI=1S/C12H13F3N4/c1-2-16-6-9-3-4-11(19-8-17-7-18-19)10(5-9)12(13,14)15/h3-5,7-8,16H,2,6H2,1H3. The molecule has 1 aromatic carbocycles. The molecule has 19 heavy (non-hydrogen) atoms. The number of hydrogen-bond donors (Lipinski definition) is 1. The quantitative estimate of drug-likeness (QED) is 0.927. The molecule has 0 amide bonds. The Morgan fingerprint density at radius 1 is 1.32 bits per heavy atom. The summed E-state index contributed by atoms with van der Waals surface area (Å²) in [6.45, 7) is 3.00. The summed E-state index contributed by atoms with van der Waals surface area (Å²) >= 11 is 0. The van der Waals surface area contributed by atoms with Crippen LogP contribution in [0.3, 0.4) is 0 Å². The van der Waals surface area contributed by atoms with E-state index in [1.165, 1.54) is 18.7 Å². The van der Waals surface area contributed by atoms with Gasteiger partial charge in [-0.2, -0.15) is 18.3 Å². The van der Waals surface area contributed by atoms with E-state index in [9.17, 15) is 13.2 Å². The molecule has 2 aromatic rings. The van der Waals surface area contributed by atoms with Gasteiger partial charge in [-0.1, -0.05) is 13.0 Å². The molecule has 0 bridgehead atoms. The van der Waals surface area contributed by atoms with E-state index in [0.29, 0.717) is 18.7 Å². The smallest absolute Gasteiger partial charge is 0.313 e. The van der Waals surface area contributed by atoms with Gasteiger partial charge < -0.3 is 5.32 Å². The Bertz CT molecular complexity index is 534. The lowest BCUT2D eigenvalue weighted by Crippen LogP contribution is -2.15. The van der Waals surface area contributed by atoms with Crippen LogP contribution in [0.25, 0.3) is 5.69 Å². The van der Waals surface area contributed by atoms with Crippen molar-refractivity contribution in [2.24, 2.45) is 0 Å². The van der Waals surface area contributed by atoms with Gasteiger partial charge in [0, 0.05) is 6.54 Å². The van der Waals surface area contributed by atoms with Gasteiger partial charge in [-0.25, -0.2) is 9.67 Å². The second kappa shape index (κ2) is 5.40. The Kier molecular flexibility index (Phi) is 3.84. The van der Waals surface area contributed by atoms with Crippen LogP contribution >= 0.6 is 0 Å². The lowest BCUT2D eigenvalue weighted by molar-refractivity contribution is -0.137. The van der Waals surface area contributed by atoms with Gasteiger partial charge in [0.2, 0.25) is 0 Å². The van der Waals surface area contributed by atoms with Gasteiger partial charge in [0.15, 0.2) is 0 Å². The number of benzene rings is 1. The summed E-state index contributed by atoms with van der Waals surface area (Å²) in [6.07, 6.45) is -1.98. The average Bonchev–Trinajstić information content (AvgIpc) is 2.88. The third-order valence-electron chi connectivity index (χ3n) is 2.61. The Hall–Kier alpha value is -1.89. The van der Waals surface area contributed by atoms with E-state index in [-0.39, 0.29) is 5.69 Å². The molecule has 0 fully saturated rings. The zero-order valence-electron chi connectivity index (χ0n) is 10.3. The number of alkyl halides is 3. The summed E-state index contributed by atoms with van der Waals surface area (Å²) in [6, 6.07) is 4.19. The largest absolute Gasteiger partial charge is 0.418 e. The second-order valence-electron chi connectivity index (χ2n) is 3.97. The van der Waals surface area contributed by atoms with Crippen molar-refractivity contribution in [1.82, 2.24) is 20.1 Å². The van der Waals surface area contributed by atoms with Gasteiger partial charge >= 0.3 is 6.18 Å². The lowest BCUT2D eigenvalue weighted by atomic mass is 10.1. The fourth-order valence-electron chi connectivity index (χ4n) is 1.72. The average molecular weight is 270 g/mol. The lowest BCUT2D eigenvalue weighted by Gasteiger charge is -2.14. The van der Waals surface area contributed by atoms with Crippen molar-refractivity contribution in [3.05, 3.63) is 42.0 Å². The Balaban J connectivity index is 2.44. The predicted octanol–water partition coefficient (Wildman–Crippen LogP) is 2.40. The number of hydrogen-bond acceptors (Lipinski definition) is 3. The highest BCUT2D eigenvalue weighted by atomic mass is 19.4. The molecule has 102 valence electrons. The summed E-state index contributed by atoms with van der Waals surface area (Å²) in [7, 11) is 0. The summed E-state index contributed by atoms with van der Waals surface area (Å²) in [5, 5.41) is 6.74. The fraction of sp³-hybridized carbons (Fsp3) is 0.333. The number of nitrogens with zero attached hydrogens (tertiary/aromatic N) is 3. The molecule has 0 saturated heterocycles. The summed E-state index contributed by atoms with van der Waals surface area (Å²) in [5.41, 5.74) is -0.156. The maximum Gasteiger partial charge on any atom is 0.418 e. The Labute approximate surface area is 108 Å². The molecule has 0 aliphatic rings. The van der Waals surface area contributed by atoms with Crippen LogP contribution in [0.5, 0.6) is 0 Å². The minimum absolute atomic E-state index is 0.0229. The van der Waals surface area contributed by atoms with Crippen LogP contribution in [0.2, 0.25) is 0 Å². The molecule has 0 saturated carbocycles. The molecule has 4 nitrogen and oxygen atoms in total. The highest BCUT2D eigenvalue weighted by Gasteiger charge is 2.34. The molecule has 0 aliphatic heterocycles. The molecule has 0 aliphatic carbocycles. The van der Waals surface area contributed by atoms with Crippen molar-refractivity contribution >= 4 is 0 Å². The number of nitrogens with one attached hydrogen (secondary N) is 1. The molecule has 7 heteroatoms. The molecular formula is C12H13F3N4. The zero-order valence-corrected chi connectivity index (χ0v) is 10.3. The van der Waals surface area contributed by atoms with E-state index in [0.717, 1.165) is 10.7 Å². The van der Waals surface area contributed by atoms with E-state index < -0.39 is 11.7 Å². The Morgan fingerprint density at radius 3 is 2.68 bits per heavy atom. The van der Waals surface area contributed by atoms with Crippen LogP contribution in [0, 0.1) is 0 Å². The maximum absolute atomic E-state index is 13.1. The zero-order chi connectivity index (χ0) is 13.9. The SMILES string of the molecule is CCNCc1ccc(-n2cncn2)c(C(F)(F)F)c1. The van der Waals surface area contributed by atoms with E-state index in [2.05, 4.69) is 15.4 Å². The fourth-order valence-corrected chi connectivity index (χ4v) is 1.72. The normalized spacial score (nSPS) is 11.8. The van der Waals surface area contributed by atoms with Crippen molar-refractivity contribution in [3.63, 3.8) is 0 Å². The topological polar surface area (TPSA) is 42.7 Å². The van der Waals surface area contributed by atoms with Crippen LogP contribution in [0.1, 0.15) is 18.1 Å². The highest BCUT2D eigenvalue weighted by Crippen LogP contribution is 2.34. The van der Waals surface area contributed by atoms with Gasteiger partial charge in [0.25, 0.3) is 0 Å². The molecule has 1 heterocycles. The third kappa shape index (κ3) is 3.11. The van der Waals surface area contributed by atoms with Crippen molar-refractivity contribution < 1.29 is 13.2 Å². The summed E-state index contributed by atoms with van der Waals surface area (Å²) < 4.78 is 40.3. The van der Waals surface area contributed by atoms with Gasteiger partial charge in [-0.15, -0.1) is 0 Å². The van der Waals surface area contributed by atoms with Crippen LogP contribution in [-0.4, -0.2) is 21.3 Å². The molecular weight excluding hydrogens is 257 g/mol. The van der Waals surface area contributed by atoms with Crippen molar-refractivity contribution in [2.75, 3.05) is 6.54 Å². The molecule has 0 atom stereocenters. The van der Waals surface area contributed by atoms with E-state index in [4.69, 9.17) is 0 Å². The molecule has 0 spiro atoms. The van der Waals surface area contributed by atoms with Crippen molar-refractivity contribution in [1.29, 1.82) is 0 Å². The molecule has 2 rings (SSSR count). The first kappa shape index (κ1) is 13.5. The van der Waals surface area contributed by atoms with E-state index in [1.807, 2.05) is 6.92 Å². The maximum atomic E-state index is 13.1. The molecule has 1 N–H and O–H groups in total. The van der Waals surface area contributed by atoms with Crippen LogP contribution in [-0.2, 0) is 12.7 Å². The van der Waals surface area contributed by atoms with Gasteiger partial charge in [-0.3, -0.25) is 0 Å². The molecule has 1 aromatic heterocycles. The Morgan fingerprint density at radius 2 is 2.11 bits per heavy atom. The summed E-state index contributed by atoms with van der Waals surface area (Å²) in [4.78, 5) is 3.67. The van der Waals surface area contributed by atoms with Crippen LogP contribution < -0.4 is 5.32 Å². The van der Waals surface area contributed by atoms with Crippen LogP contribution in [0.4, 0.5) is 13.2 Å².